The van der Waals surface area contributed by atoms with E-state index in [9.17, 15) is 13.2 Å². The minimum atomic E-state index is -3.54. The first-order valence-electron chi connectivity index (χ1n) is 10.9. The van der Waals surface area contributed by atoms with Crippen molar-refractivity contribution in [3.8, 4) is 0 Å². The number of carbonyl (C=O) groups is 1. The minimum Gasteiger partial charge on any atom is -0.444 e. The third-order valence-corrected chi connectivity index (χ3v) is 7.62. The Hall–Kier alpha value is -1.96. The topological polar surface area (TPSA) is 75.7 Å². The van der Waals surface area contributed by atoms with Crippen LogP contribution in [-0.2, 0) is 21.2 Å². The predicted octanol–water partition coefficient (Wildman–Crippen LogP) is 6.09. The number of ether oxygens (including phenoxy) is 1. The quantitative estimate of drug-likeness (QED) is 0.507. The number of hydrogen-bond acceptors (Lipinski definition) is 4. The van der Waals surface area contributed by atoms with Gasteiger partial charge in [0.15, 0.2) is 0 Å². The summed E-state index contributed by atoms with van der Waals surface area (Å²) in [6, 6.07) is 12.6. The molecule has 0 aromatic heterocycles. The van der Waals surface area contributed by atoms with Gasteiger partial charge in [-0.05, 0) is 75.3 Å². The molecule has 0 aliphatic carbocycles. The molecule has 9 heteroatoms. The summed E-state index contributed by atoms with van der Waals surface area (Å²) >= 11 is 12.2. The van der Waals surface area contributed by atoms with Crippen molar-refractivity contribution in [2.24, 2.45) is 0 Å². The molecule has 1 fully saturated rings. The summed E-state index contributed by atoms with van der Waals surface area (Å²) in [6.07, 6.45) is 1.67. The highest BCUT2D eigenvalue weighted by Crippen LogP contribution is 2.30. The second-order valence-electron chi connectivity index (χ2n) is 9.25. The Kier molecular flexibility index (Phi) is 8.19. The average Bonchev–Trinajstić information content (AvgIpc) is 2.74. The maximum Gasteiger partial charge on any atom is 0.410 e. The van der Waals surface area contributed by atoms with Crippen molar-refractivity contribution in [3.05, 3.63) is 63.6 Å². The lowest BCUT2D eigenvalue weighted by atomic mass is 9.89. The van der Waals surface area contributed by atoms with Crippen molar-refractivity contribution in [1.82, 2.24) is 4.90 Å². The van der Waals surface area contributed by atoms with E-state index >= 15 is 0 Å². The van der Waals surface area contributed by atoms with Crippen LogP contribution in [-0.4, -0.2) is 43.9 Å². The lowest BCUT2D eigenvalue weighted by molar-refractivity contribution is 0.0205. The van der Waals surface area contributed by atoms with Gasteiger partial charge in [-0.3, -0.25) is 4.72 Å². The summed E-state index contributed by atoms with van der Waals surface area (Å²) in [5, 5.41) is 0.795. The summed E-state index contributed by atoms with van der Waals surface area (Å²) in [5.74, 6) is 0.220. The summed E-state index contributed by atoms with van der Waals surface area (Å²) in [5.41, 5.74) is 1.84. The number of amides is 1. The van der Waals surface area contributed by atoms with Crippen LogP contribution in [0.3, 0.4) is 0 Å². The van der Waals surface area contributed by atoms with Gasteiger partial charge in [-0.15, -0.1) is 0 Å². The van der Waals surface area contributed by atoms with E-state index in [1.54, 1.807) is 35.2 Å². The number of carbonyl (C=O) groups excluding carboxylic acids is 1. The number of nitrogens with zero attached hydrogens (tertiary/aromatic N) is 1. The molecule has 2 aromatic rings. The van der Waals surface area contributed by atoms with Gasteiger partial charge in [0.05, 0.1) is 15.8 Å². The van der Waals surface area contributed by atoms with Crippen molar-refractivity contribution in [1.29, 1.82) is 0 Å². The third-order valence-electron chi connectivity index (χ3n) is 5.47. The minimum absolute atomic E-state index is 0.0993. The SMILES string of the molecule is CC(C)(C)OC(=O)N1CCC(c2ccc(NS(=O)(=O)CCc3cccc(Cl)c3Cl)cc2)CC1. The highest BCUT2D eigenvalue weighted by atomic mass is 35.5. The molecule has 1 aliphatic heterocycles. The van der Waals surface area contributed by atoms with Crippen LogP contribution in [0.2, 0.25) is 10.0 Å². The molecule has 33 heavy (non-hydrogen) atoms. The molecule has 6 nitrogen and oxygen atoms in total. The van der Waals surface area contributed by atoms with Crippen LogP contribution in [0.4, 0.5) is 10.5 Å². The summed E-state index contributed by atoms with van der Waals surface area (Å²) < 4.78 is 33.1. The van der Waals surface area contributed by atoms with Crippen LogP contribution in [0.15, 0.2) is 42.5 Å². The van der Waals surface area contributed by atoms with E-state index < -0.39 is 15.6 Å². The number of piperidine rings is 1. The molecule has 1 N–H and O–H groups in total. The van der Waals surface area contributed by atoms with Gasteiger partial charge < -0.3 is 9.64 Å². The summed E-state index contributed by atoms with van der Waals surface area (Å²) in [7, 11) is -3.54. The number of aryl methyl sites for hydroxylation is 1. The Labute approximate surface area is 206 Å². The molecule has 3 rings (SSSR count). The maximum absolute atomic E-state index is 12.5. The summed E-state index contributed by atoms with van der Waals surface area (Å²) in [6.45, 7) is 6.86. The number of halogens is 2. The van der Waals surface area contributed by atoms with Crippen LogP contribution in [0.1, 0.15) is 50.7 Å². The maximum atomic E-state index is 12.5. The molecule has 0 radical (unpaired) electrons. The van der Waals surface area contributed by atoms with Gasteiger partial charge in [0, 0.05) is 18.8 Å². The molecule has 1 heterocycles. The van der Waals surface area contributed by atoms with Gasteiger partial charge in [-0.1, -0.05) is 47.5 Å². The van der Waals surface area contributed by atoms with Gasteiger partial charge in [0.1, 0.15) is 5.60 Å². The Morgan fingerprint density at radius 2 is 1.73 bits per heavy atom. The normalized spacial score (nSPS) is 15.4. The first-order chi connectivity index (χ1) is 15.4. The summed E-state index contributed by atoms with van der Waals surface area (Å²) in [4.78, 5) is 14.0. The van der Waals surface area contributed by atoms with Gasteiger partial charge in [0.25, 0.3) is 0 Å². The van der Waals surface area contributed by atoms with E-state index in [1.807, 2.05) is 32.9 Å². The predicted molar refractivity (Wildman–Crippen MR) is 134 cm³/mol. The zero-order valence-electron chi connectivity index (χ0n) is 19.1. The zero-order valence-corrected chi connectivity index (χ0v) is 21.4. The van der Waals surface area contributed by atoms with Crippen molar-refractivity contribution in [3.63, 3.8) is 0 Å². The molecular formula is C24H30Cl2N2O4S. The van der Waals surface area contributed by atoms with E-state index in [0.717, 1.165) is 18.4 Å². The van der Waals surface area contributed by atoms with Crippen molar-refractivity contribution in [2.75, 3.05) is 23.6 Å². The first kappa shape index (κ1) is 25.7. The highest BCUT2D eigenvalue weighted by Gasteiger charge is 2.27. The molecule has 0 bridgehead atoms. The molecule has 0 spiro atoms. The standard InChI is InChI=1S/C24H30Cl2N2O4S/c1-24(2,3)32-23(29)28-14-11-18(12-15-28)17-7-9-20(10-8-17)27-33(30,31)16-13-19-5-4-6-21(25)22(19)26/h4-10,18,27H,11-16H2,1-3H3. The van der Waals surface area contributed by atoms with E-state index in [4.69, 9.17) is 27.9 Å². The molecule has 1 amide bonds. The third kappa shape index (κ3) is 7.52. The molecule has 0 atom stereocenters. The second-order valence-corrected chi connectivity index (χ2v) is 11.9. The monoisotopic (exact) mass is 512 g/mol. The number of nitrogens with one attached hydrogen (secondary N) is 1. The fraction of sp³-hybridized carbons (Fsp3) is 0.458. The van der Waals surface area contributed by atoms with E-state index in [0.29, 0.717) is 40.3 Å². The van der Waals surface area contributed by atoms with Crippen LogP contribution in [0.25, 0.3) is 0 Å². The van der Waals surface area contributed by atoms with Crippen LogP contribution in [0.5, 0.6) is 0 Å². The Morgan fingerprint density at radius 1 is 1.09 bits per heavy atom. The van der Waals surface area contributed by atoms with Crippen LogP contribution < -0.4 is 4.72 Å². The lowest BCUT2D eigenvalue weighted by Gasteiger charge is -2.33. The molecular weight excluding hydrogens is 483 g/mol. The molecule has 2 aromatic carbocycles. The number of anilines is 1. The zero-order chi connectivity index (χ0) is 24.2. The fourth-order valence-electron chi connectivity index (χ4n) is 3.76. The first-order valence-corrected chi connectivity index (χ1v) is 13.4. The largest absolute Gasteiger partial charge is 0.444 e. The molecule has 180 valence electrons. The Morgan fingerprint density at radius 3 is 2.33 bits per heavy atom. The highest BCUT2D eigenvalue weighted by molar-refractivity contribution is 7.92. The number of benzene rings is 2. The average molecular weight is 513 g/mol. The van der Waals surface area contributed by atoms with E-state index in [1.165, 1.54) is 0 Å². The molecule has 1 aliphatic rings. The van der Waals surface area contributed by atoms with Gasteiger partial charge in [0.2, 0.25) is 10.0 Å². The molecule has 0 unspecified atom stereocenters. The number of sulfonamides is 1. The number of likely N-dealkylation sites (tertiary alicyclic amines) is 1. The van der Waals surface area contributed by atoms with Gasteiger partial charge >= 0.3 is 6.09 Å². The fourth-order valence-corrected chi connectivity index (χ4v) is 5.26. The van der Waals surface area contributed by atoms with Crippen LogP contribution >= 0.6 is 23.2 Å². The van der Waals surface area contributed by atoms with Crippen molar-refractivity contribution in [2.45, 2.75) is 51.6 Å². The Balaban J connectivity index is 1.53. The molecule has 1 saturated heterocycles. The van der Waals surface area contributed by atoms with Crippen molar-refractivity contribution < 1.29 is 17.9 Å². The second kappa shape index (κ2) is 10.5. The number of hydrogen-bond donors (Lipinski definition) is 1. The lowest BCUT2D eigenvalue weighted by Crippen LogP contribution is -2.41. The van der Waals surface area contributed by atoms with Crippen molar-refractivity contribution >= 4 is 45.0 Å². The van der Waals surface area contributed by atoms with Gasteiger partial charge in [-0.25, -0.2) is 13.2 Å². The Bertz CT molecular complexity index is 1070. The van der Waals surface area contributed by atoms with E-state index in [-0.39, 0.29) is 18.3 Å². The number of rotatable bonds is 6. The van der Waals surface area contributed by atoms with Crippen LogP contribution in [0, 0.1) is 0 Å². The molecule has 0 saturated carbocycles. The van der Waals surface area contributed by atoms with E-state index in [2.05, 4.69) is 4.72 Å². The smallest absolute Gasteiger partial charge is 0.410 e. The van der Waals surface area contributed by atoms with Gasteiger partial charge in [-0.2, -0.15) is 0 Å².